The largest absolute Gasteiger partial charge is 0.497 e. The van der Waals surface area contributed by atoms with Crippen molar-refractivity contribution < 1.29 is 17.9 Å². The Kier molecular flexibility index (Phi) is 5.35. The SMILES string of the molecule is COc1ccc(S(=O)(=O)N2CCC[C@H](C(=O)Nc3c4c(nn3C)CCC4)C2)cc1. The maximum absolute atomic E-state index is 13.0. The second kappa shape index (κ2) is 7.79. The number of aryl methyl sites for hydroxylation is 2. The number of nitrogens with zero attached hydrogens (tertiary/aromatic N) is 3. The second-order valence-electron chi connectivity index (χ2n) is 7.62. The predicted octanol–water partition coefficient (Wildman–Crippen LogP) is 1.96. The number of hydrogen-bond donors (Lipinski definition) is 1. The summed E-state index contributed by atoms with van der Waals surface area (Å²) in [6.45, 7) is 0.597. The van der Waals surface area contributed by atoms with Gasteiger partial charge in [-0.1, -0.05) is 0 Å². The fourth-order valence-corrected chi connectivity index (χ4v) is 5.69. The molecule has 1 aromatic heterocycles. The van der Waals surface area contributed by atoms with Crippen molar-refractivity contribution in [2.45, 2.75) is 37.0 Å². The number of rotatable bonds is 5. The molecule has 0 radical (unpaired) electrons. The third-order valence-electron chi connectivity index (χ3n) is 5.76. The number of anilines is 1. The first-order valence-electron chi connectivity index (χ1n) is 9.90. The Labute approximate surface area is 170 Å². The summed E-state index contributed by atoms with van der Waals surface area (Å²) in [7, 11) is -0.288. The minimum Gasteiger partial charge on any atom is -0.497 e. The summed E-state index contributed by atoms with van der Waals surface area (Å²) in [4.78, 5) is 13.1. The monoisotopic (exact) mass is 418 g/mol. The second-order valence-corrected chi connectivity index (χ2v) is 9.56. The molecule has 0 bridgehead atoms. The molecule has 2 aliphatic rings. The standard InChI is InChI=1S/C20H26N4O4S/c1-23-19(17-6-3-7-18(17)22-23)21-20(25)14-5-4-12-24(13-14)29(26,27)16-10-8-15(28-2)9-11-16/h8-11,14H,3-7,12-13H2,1-2H3,(H,21,25)/t14-/m0/s1. The summed E-state index contributed by atoms with van der Waals surface area (Å²) in [5.74, 6) is 0.822. The molecule has 1 atom stereocenters. The predicted molar refractivity (Wildman–Crippen MR) is 108 cm³/mol. The molecule has 1 aliphatic carbocycles. The van der Waals surface area contributed by atoms with Crippen LogP contribution in [0.4, 0.5) is 5.82 Å². The van der Waals surface area contributed by atoms with Crippen LogP contribution in [0.3, 0.4) is 0 Å². The van der Waals surface area contributed by atoms with Crippen molar-refractivity contribution in [1.29, 1.82) is 0 Å². The summed E-state index contributed by atoms with van der Waals surface area (Å²) in [5, 5.41) is 7.49. The zero-order valence-electron chi connectivity index (χ0n) is 16.7. The molecule has 1 aliphatic heterocycles. The molecule has 156 valence electrons. The van der Waals surface area contributed by atoms with Crippen molar-refractivity contribution in [3.63, 3.8) is 0 Å². The Balaban J connectivity index is 1.48. The fraction of sp³-hybridized carbons (Fsp3) is 0.500. The van der Waals surface area contributed by atoms with Gasteiger partial charge in [0.05, 0.1) is 23.6 Å². The maximum atomic E-state index is 13.0. The Morgan fingerprint density at radius 1 is 1.21 bits per heavy atom. The Morgan fingerprint density at radius 3 is 2.69 bits per heavy atom. The van der Waals surface area contributed by atoms with Crippen molar-refractivity contribution in [2.75, 3.05) is 25.5 Å². The van der Waals surface area contributed by atoms with Crippen molar-refractivity contribution in [3.05, 3.63) is 35.5 Å². The first kappa shape index (κ1) is 19.9. The van der Waals surface area contributed by atoms with Crippen LogP contribution in [-0.2, 0) is 34.7 Å². The van der Waals surface area contributed by atoms with E-state index in [1.54, 1.807) is 16.8 Å². The highest BCUT2D eigenvalue weighted by atomic mass is 32.2. The van der Waals surface area contributed by atoms with E-state index in [1.165, 1.54) is 23.5 Å². The van der Waals surface area contributed by atoms with Gasteiger partial charge in [0.25, 0.3) is 0 Å². The molecule has 8 nitrogen and oxygen atoms in total. The van der Waals surface area contributed by atoms with Crippen LogP contribution in [0.15, 0.2) is 29.2 Å². The highest BCUT2D eigenvalue weighted by Gasteiger charge is 2.34. The molecular formula is C20H26N4O4S. The molecule has 1 aromatic carbocycles. The molecule has 2 aromatic rings. The van der Waals surface area contributed by atoms with E-state index in [2.05, 4.69) is 10.4 Å². The van der Waals surface area contributed by atoms with Gasteiger partial charge >= 0.3 is 0 Å². The number of hydrogen-bond acceptors (Lipinski definition) is 5. The molecule has 0 unspecified atom stereocenters. The van der Waals surface area contributed by atoms with Gasteiger partial charge in [-0.25, -0.2) is 8.42 Å². The zero-order chi connectivity index (χ0) is 20.6. The van der Waals surface area contributed by atoms with Gasteiger partial charge in [-0.05, 0) is 56.4 Å². The lowest BCUT2D eigenvalue weighted by Gasteiger charge is -2.31. The van der Waals surface area contributed by atoms with E-state index in [9.17, 15) is 13.2 Å². The molecule has 1 fully saturated rings. The Hall–Kier alpha value is -2.39. The number of sulfonamides is 1. The molecule has 1 amide bonds. The summed E-state index contributed by atoms with van der Waals surface area (Å²) in [5.41, 5.74) is 2.16. The summed E-state index contributed by atoms with van der Waals surface area (Å²) < 4.78 is 34.3. The molecule has 1 N–H and O–H groups in total. The van der Waals surface area contributed by atoms with Gasteiger partial charge in [0, 0.05) is 25.7 Å². The zero-order valence-corrected chi connectivity index (χ0v) is 17.5. The molecule has 0 saturated carbocycles. The van der Waals surface area contributed by atoms with E-state index < -0.39 is 10.0 Å². The van der Waals surface area contributed by atoms with Crippen molar-refractivity contribution in [3.8, 4) is 5.75 Å². The number of benzene rings is 1. The topological polar surface area (TPSA) is 93.5 Å². The van der Waals surface area contributed by atoms with Crippen LogP contribution < -0.4 is 10.1 Å². The number of fused-ring (bicyclic) bond motifs is 1. The Morgan fingerprint density at radius 2 is 1.97 bits per heavy atom. The highest BCUT2D eigenvalue weighted by Crippen LogP contribution is 2.30. The number of piperidine rings is 1. The average Bonchev–Trinajstić information content (AvgIpc) is 3.30. The number of ether oxygens (including phenoxy) is 1. The third-order valence-corrected chi connectivity index (χ3v) is 7.64. The fourth-order valence-electron chi connectivity index (χ4n) is 4.17. The first-order chi connectivity index (χ1) is 13.9. The molecule has 9 heteroatoms. The third kappa shape index (κ3) is 3.76. The minimum absolute atomic E-state index is 0.141. The summed E-state index contributed by atoms with van der Waals surface area (Å²) >= 11 is 0. The summed E-state index contributed by atoms with van der Waals surface area (Å²) in [6, 6.07) is 6.33. The molecule has 2 heterocycles. The van der Waals surface area contributed by atoms with Crippen LogP contribution in [0.5, 0.6) is 5.75 Å². The van der Waals surface area contributed by atoms with Crippen LogP contribution in [-0.4, -0.2) is 48.6 Å². The van der Waals surface area contributed by atoms with Crippen molar-refractivity contribution >= 4 is 21.7 Å². The van der Waals surface area contributed by atoms with Gasteiger partial charge in [-0.15, -0.1) is 0 Å². The molecule has 4 rings (SSSR count). The van der Waals surface area contributed by atoms with Crippen LogP contribution >= 0.6 is 0 Å². The smallest absolute Gasteiger partial charge is 0.243 e. The quantitative estimate of drug-likeness (QED) is 0.801. The average molecular weight is 419 g/mol. The van der Waals surface area contributed by atoms with Gasteiger partial charge in [0.1, 0.15) is 11.6 Å². The van der Waals surface area contributed by atoms with Gasteiger partial charge in [-0.3, -0.25) is 9.48 Å². The van der Waals surface area contributed by atoms with Crippen molar-refractivity contribution in [1.82, 2.24) is 14.1 Å². The van der Waals surface area contributed by atoms with Crippen LogP contribution in [0.25, 0.3) is 0 Å². The molecule has 0 spiro atoms. The van der Waals surface area contributed by atoms with E-state index in [4.69, 9.17) is 4.74 Å². The normalized spacial score (nSPS) is 19.7. The van der Waals surface area contributed by atoms with E-state index in [0.717, 1.165) is 36.3 Å². The summed E-state index contributed by atoms with van der Waals surface area (Å²) in [6.07, 6.45) is 4.23. The highest BCUT2D eigenvalue weighted by molar-refractivity contribution is 7.89. The van der Waals surface area contributed by atoms with Crippen LogP contribution in [0.1, 0.15) is 30.5 Å². The first-order valence-corrected chi connectivity index (χ1v) is 11.3. The lowest BCUT2D eigenvalue weighted by Crippen LogP contribution is -2.43. The van der Waals surface area contributed by atoms with E-state index in [1.807, 2.05) is 7.05 Å². The van der Waals surface area contributed by atoms with E-state index >= 15 is 0 Å². The lowest BCUT2D eigenvalue weighted by atomic mass is 9.99. The molecular weight excluding hydrogens is 392 g/mol. The number of methoxy groups -OCH3 is 1. The number of nitrogens with one attached hydrogen (secondary N) is 1. The van der Waals surface area contributed by atoms with Gasteiger partial charge < -0.3 is 10.1 Å². The number of carbonyl (C=O) groups is 1. The lowest BCUT2D eigenvalue weighted by molar-refractivity contribution is -0.120. The molecule has 1 saturated heterocycles. The van der Waals surface area contributed by atoms with Crippen molar-refractivity contribution in [2.24, 2.45) is 13.0 Å². The van der Waals surface area contributed by atoms with Gasteiger partial charge in [0.15, 0.2) is 0 Å². The van der Waals surface area contributed by atoms with E-state index in [0.29, 0.717) is 25.1 Å². The maximum Gasteiger partial charge on any atom is 0.243 e. The minimum atomic E-state index is -3.65. The van der Waals surface area contributed by atoms with Crippen LogP contribution in [0.2, 0.25) is 0 Å². The van der Waals surface area contributed by atoms with Gasteiger partial charge in [0.2, 0.25) is 15.9 Å². The number of amides is 1. The van der Waals surface area contributed by atoms with Crippen LogP contribution in [0, 0.1) is 5.92 Å². The molecule has 29 heavy (non-hydrogen) atoms. The Bertz CT molecular complexity index is 1010. The number of aromatic nitrogens is 2. The van der Waals surface area contributed by atoms with Gasteiger partial charge in [-0.2, -0.15) is 9.40 Å². The van der Waals surface area contributed by atoms with E-state index in [-0.39, 0.29) is 23.3 Å². The number of carbonyl (C=O) groups excluding carboxylic acids is 1.